The Balaban J connectivity index is 1.52. The lowest BCUT2D eigenvalue weighted by Gasteiger charge is -2.36. The fourth-order valence-corrected chi connectivity index (χ4v) is 6.29. The third kappa shape index (κ3) is 3.41. The lowest BCUT2D eigenvalue weighted by molar-refractivity contribution is 0.195. The van der Waals surface area contributed by atoms with E-state index in [1.165, 1.54) is 34.2 Å². The number of aryl methyl sites for hydroxylation is 2. The number of nitrogens with one attached hydrogen (secondary N) is 1. The fourth-order valence-electron chi connectivity index (χ4n) is 4.70. The Labute approximate surface area is 180 Å². The molecule has 0 saturated carbocycles. The number of nitrogens with zero attached hydrogens (tertiary/aromatic N) is 1. The molecule has 1 atom stereocenters. The summed E-state index contributed by atoms with van der Waals surface area (Å²) in [5.41, 5.74) is 5.20. The zero-order chi connectivity index (χ0) is 20.7. The molecule has 1 aromatic heterocycles. The maximum absolute atomic E-state index is 14.0. The summed E-state index contributed by atoms with van der Waals surface area (Å²) >= 11 is 1.89. The molecule has 2 amide bonds. The predicted octanol–water partition coefficient (Wildman–Crippen LogP) is 6.25. The molecule has 3 nitrogen and oxygen atoms in total. The Kier molecular flexibility index (Phi) is 5.07. The number of fused-ring (bicyclic) bond motifs is 3. The third-order valence-electron chi connectivity index (χ3n) is 6.27. The number of anilines is 1. The second-order valence-corrected chi connectivity index (χ2v) is 9.34. The largest absolute Gasteiger partial charge is 0.322 e. The van der Waals surface area contributed by atoms with E-state index < -0.39 is 0 Å². The molecule has 5 rings (SSSR count). The van der Waals surface area contributed by atoms with Crippen molar-refractivity contribution in [2.75, 3.05) is 11.9 Å². The number of carbonyl (C=O) groups is 1. The highest BCUT2D eigenvalue weighted by Gasteiger charge is 2.36. The van der Waals surface area contributed by atoms with Gasteiger partial charge >= 0.3 is 6.03 Å². The van der Waals surface area contributed by atoms with Gasteiger partial charge in [-0.15, -0.1) is 11.3 Å². The van der Waals surface area contributed by atoms with Gasteiger partial charge in [-0.3, -0.25) is 0 Å². The van der Waals surface area contributed by atoms with Gasteiger partial charge < -0.3 is 10.2 Å². The first kappa shape index (κ1) is 19.3. The average molecular weight is 421 g/mol. The average Bonchev–Trinajstić information content (AvgIpc) is 3.15. The molecule has 0 radical (unpaired) electrons. The number of thiophene rings is 1. The summed E-state index contributed by atoms with van der Waals surface area (Å²) in [5.74, 6) is -0.306. The molecular formula is C25H25FN2OS. The predicted molar refractivity (Wildman–Crippen MR) is 120 cm³/mol. The second-order valence-electron chi connectivity index (χ2n) is 8.20. The van der Waals surface area contributed by atoms with Gasteiger partial charge in [0, 0.05) is 22.0 Å². The van der Waals surface area contributed by atoms with Crippen molar-refractivity contribution in [2.24, 2.45) is 0 Å². The smallest absolute Gasteiger partial charge is 0.312 e. The summed E-state index contributed by atoms with van der Waals surface area (Å²) in [5, 5.41) is 2.92. The van der Waals surface area contributed by atoms with Crippen molar-refractivity contribution >= 4 is 23.1 Å². The van der Waals surface area contributed by atoms with Crippen molar-refractivity contribution in [3.05, 3.63) is 86.4 Å². The van der Waals surface area contributed by atoms with Crippen LogP contribution in [0.3, 0.4) is 0 Å². The summed E-state index contributed by atoms with van der Waals surface area (Å²) in [6.07, 6.45) is 5.72. The Bertz CT molecular complexity index is 1090. The summed E-state index contributed by atoms with van der Waals surface area (Å²) in [6, 6.07) is 14.8. The van der Waals surface area contributed by atoms with E-state index in [0.29, 0.717) is 17.8 Å². The number of rotatable bonds is 2. The molecule has 30 heavy (non-hydrogen) atoms. The minimum atomic E-state index is -0.306. The van der Waals surface area contributed by atoms with Gasteiger partial charge in [0.25, 0.3) is 0 Å². The Hall–Kier alpha value is -2.66. The van der Waals surface area contributed by atoms with Crippen molar-refractivity contribution in [1.29, 1.82) is 0 Å². The first-order valence-corrected chi connectivity index (χ1v) is 11.5. The van der Waals surface area contributed by atoms with Crippen molar-refractivity contribution in [3.8, 4) is 0 Å². The van der Waals surface area contributed by atoms with Crippen LogP contribution in [0.25, 0.3) is 0 Å². The van der Waals surface area contributed by atoms with Crippen LogP contribution in [0, 0.1) is 12.7 Å². The number of amides is 2. The third-order valence-corrected chi connectivity index (χ3v) is 7.66. The van der Waals surface area contributed by atoms with Crippen molar-refractivity contribution in [3.63, 3.8) is 0 Å². The number of halogens is 1. The molecular weight excluding hydrogens is 395 g/mol. The summed E-state index contributed by atoms with van der Waals surface area (Å²) in [4.78, 5) is 18.0. The number of hydrogen-bond acceptors (Lipinski definition) is 2. The van der Waals surface area contributed by atoms with Crippen molar-refractivity contribution in [1.82, 2.24) is 4.90 Å². The fraction of sp³-hybridized carbons (Fsp3) is 0.320. The van der Waals surface area contributed by atoms with Crippen LogP contribution in [0.4, 0.5) is 14.9 Å². The van der Waals surface area contributed by atoms with Gasteiger partial charge in [-0.1, -0.05) is 36.4 Å². The number of benzene rings is 2. The Morgan fingerprint density at radius 2 is 1.87 bits per heavy atom. The first-order valence-electron chi connectivity index (χ1n) is 10.6. The summed E-state index contributed by atoms with van der Waals surface area (Å²) < 4.78 is 14.0. The lowest BCUT2D eigenvalue weighted by atomic mass is 9.88. The number of hydrogen-bond donors (Lipinski definition) is 1. The van der Waals surface area contributed by atoms with E-state index in [2.05, 4.69) is 17.4 Å². The first-order chi connectivity index (χ1) is 14.6. The maximum Gasteiger partial charge on any atom is 0.322 e. The Morgan fingerprint density at radius 1 is 1.07 bits per heavy atom. The van der Waals surface area contributed by atoms with Gasteiger partial charge in [-0.25, -0.2) is 9.18 Å². The van der Waals surface area contributed by atoms with Crippen LogP contribution in [0.5, 0.6) is 0 Å². The van der Waals surface area contributed by atoms with E-state index in [1.807, 2.05) is 34.4 Å². The monoisotopic (exact) mass is 420 g/mol. The van der Waals surface area contributed by atoms with Gasteiger partial charge in [-0.2, -0.15) is 0 Å². The molecule has 3 aromatic rings. The van der Waals surface area contributed by atoms with Crippen LogP contribution in [0.15, 0.2) is 48.5 Å². The van der Waals surface area contributed by atoms with Crippen LogP contribution < -0.4 is 5.32 Å². The number of carbonyl (C=O) groups excluding carboxylic acids is 1. The van der Waals surface area contributed by atoms with Gasteiger partial charge in [-0.05, 0) is 73.4 Å². The molecule has 1 aliphatic carbocycles. The normalized spacial score (nSPS) is 17.9. The molecule has 1 aliphatic heterocycles. The van der Waals surface area contributed by atoms with Crippen LogP contribution in [-0.4, -0.2) is 17.5 Å². The summed E-state index contributed by atoms with van der Waals surface area (Å²) in [7, 11) is 0. The molecule has 1 unspecified atom stereocenters. The number of urea groups is 1. The quantitative estimate of drug-likeness (QED) is 0.522. The van der Waals surface area contributed by atoms with E-state index in [1.54, 1.807) is 24.6 Å². The van der Waals surface area contributed by atoms with E-state index in [0.717, 1.165) is 24.8 Å². The van der Waals surface area contributed by atoms with E-state index in [9.17, 15) is 9.18 Å². The van der Waals surface area contributed by atoms with Gasteiger partial charge in [0.05, 0.1) is 6.04 Å². The highest BCUT2D eigenvalue weighted by atomic mass is 32.1. The summed E-state index contributed by atoms with van der Waals surface area (Å²) in [6.45, 7) is 2.38. The zero-order valence-corrected chi connectivity index (χ0v) is 17.9. The van der Waals surface area contributed by atoms with E-state index in [-0.39, 0.29) is 17.9 Å². The molecule has 2 heterocycles. The van der Waals surface area contributed by atoms with Crippen molar-refractivity contribution < 1.29 is 9.18 Å². The molecule has 2 aromatic carbocycles. The standard InChI is InChI=1S/C25H25FN2OS/c1-16-11-12-18(15-21(16)26)27-25(29)28-14-13-20-19-9-5-6-10-22(19)30-24(20)23(28)17-7-3-2-4-8-17/h2-4,7-8,11-12,15,23H,5-6,9-10,13-14H2,1H3,(H,27,29). The lowest BCUT2D eigenvalue weighted by Crippen LogP contribution is -2.42. The van der Waals surface area contributed by atoms with Gasteiger partial charge in [0.2, 0.25) is 0 Å². The molecule has 0 saturated heterocycles. The SMILES string of the molecule is Cc1ccc(NC(=O)N2CCc3c(sc4c3CCCC4)C2c2ccccc2)cc1F. The molecule has 2 aliphatic rings. The molecule has 0 spiro atoms. The molecule has 5 heteroatoms. The minimum absolute atomic E-state index is 0.0964. The van der Waals surface area contributed by atoms with Crippen LogP contribution in [-0.2, 0) is 19.3 Å². The van der Waals surface area contributed by atoms with E-state index >= 15 is 0 Å². The molecule has 1 N–H and O–H groups in total. The molecule has 0 fully saturated rings. The topological polar surface area (TPSA) is 32.3 Å². The van der Waals surface area contributed by atoms with Crippen molar-refractivity contribution in [2.45, 2.75) is 45.1 Å². The second kappa shape index (κ2) is 7.88. The van der Waals surface area contributed by atoms with Gasteiger partial charge in [0.1, 0.15) is 5.82 Å². The Morgan fingerprint density at radius 3 is 2.67 bits per heavy atom. The van der Waals surface area contributed by atoms with Gasteiger partial charge in [0.15, 0.2) is 0 Å². The van der Waals surface area contributed by atoms with E-state index in [4.69, 9.17) is 0 Å². The highest BCUT2D eigenvalue weighted by Crippen LogP contribution is 2.45. The molecule has 154 valence electrons. The zero-order valence-electron chi connectivity index (χ0n) is 17.1. The minimum Gasteiger partial charge on any atom is -0.312 e. The van der Waals surface area contributed by atoms with Crippen LogP contribution in [0.1, 0.15) is 50.9 Å². The highest BCUT2D eigenvalue weighted by molar-refractivity contribution is 7.12. The molecule has 0 bridgehead atoms. The van der Waals surface area contributed by atoms with Crippen LogP contribution >= 0.6 is 11.3 Å². The maximum atomic E-state index is 14.0. The van der Waals surface area contributed by atoms with Crippen LogP contribution in [0.2, 0.25) is 0 Å².